The zero-order chi connectivity index (χ0) is 4.41. The molecule has 0 aliphatic carbocycles. The number of aliphatic imine (C=N–C) groups is 1. The molecule has 1 atom stereocenters. The second-order valence-electron chi connectivity index (χ2n) is 1.24. The van der Waals surface area contributed by atoms with Crippen molar-refractivity contribution in [1.82, 2.24) is 10.9 Å². The Morgan fingerprint density at radius 1 is 1.83 bits per heavy atom. The molecule has 0 amide bonds. The smallest absolute Gasteiger partial charge is 0.115 e. The van der Waals surface area contributed by atoms with E-state index in [-0.39, 0.29) is 6.17 Å². The van der Waals surface area contributed by atoms with Crippen LogP contribution in [0.3, 0.4) is 0 Å². The third kappa shape index (κ3) is 0.490. The molecular weight excluding hydrogens is 78.1 g/mol. The van der Waals surface area contributed by atoms with Gasteiger partial charge in [-0.2, -0.15) is 0 Å². The van der Waals surface area contributed by atoms with Gasteiger partial charge >= 0.3 is 0 Å². The van der Waals surface area contributed by atoms with Crippen molar-refractivity contribution in [2.24, 2.45) is 4.99 Å². The Hall–Kier alpha value is -0.570. The molecule has 1 aliphatic heterocycles. The summed E-state index contributed by atoms with van der Waals surface area (Å²) in [5, 5.41) is 0. The summed E-state index contributed by atoms with van der Waals surface area (Å²) in [5.74, 6) is 0. The topological polar surface area (TPSA) is 36.4 Å². The van der Waals surface area contributed by atoms with Crippen LogP contribution in [0.4, 0.5) is 0 Å². The lowest BCUT2D eigenvalue weighted by molar-refractivity contribution is 0.590. The molecule has 1 unspecified atom stereocenters. The van der Waals surface area contributed by atoms with Gasteiger partial charge in [0.1, 0.15) is 6.17 Å². The molecular formula is C3H7N3. The third-order valence-corrected chi connectivity index (χ3v) is 0.655. The molecule has 3 nitrogen and oxygen atoms in total. The second kappa shape index (κ2) is 1.26. The highest BCUT2D eigenvalue weighted by Crippen LogP contribution is 1.80. The molecule has 0 saturated heterocycles. The first kappa shape index (κ1) is 3.61. The summed E-state index contributed by atoms with van der Waals surface area (Å²) in [4.78, 5) is 3.89. The SMILES string of the molecule is CC1N=CNN1. The molecule has 1 aliphatic rings. The first-order valence-corrected chi connectivity index (χ1v) is 1.92. The normalized spacial score (nSPS) is 30.5. The van der Waals surface area contributed by atoms with Gasteiger partial charge < -0.3 is 5.43 Å². The zero-order valence-corrected chi connectivity index (χ0v) is 3.60. The number of hydrogen-bond acceptors (Lipinski definition) is 3. The highest BCUT2D eigenvalue weighted by atomic mass is 15.5. The van der Waals surface area contributed by atoms with Crippen LogP contribution in [0, 0.1) is 0 Å². The summed E-state index contributed by atoms with van der Waals surface area (Å²) < 4.78 is 0. The standard InChI is InChI=1S/C3H7N3/c1-3-4-2-5-6-3/h2-3,6H,1H3,(H,4,5). The number of nitrogens with zero attached hydrogens (tertiary/aromatic N) is 1. The Labute approximate surface area is 36.4 Å². The molecule has 0 bridgehead atoms. The predicted octanol–water partition coefficient (Wildman–Crippen LogP) is -0.532. The van der Waals surface area contributed by atoms with Crippen molar-refractivity contribution in [1.29, 1.82) is 0 Å². The van der Waals surface area contributed by atoms with Crippen LogP contribution in [-0.2, 0) is 0 Å². The van der Waals surface area contributed by atoms with Gasteiger partial charge in [0.15, 0.2) is 0 Å². The first-order valence-electron chi connectivity index (χ1n) is 1.92. The Kier molecular flexibility index (Phi) is 0.759. The van der Waals surface area contributed by atoms with Gasteiger partial charge in [0.2, 0.25) is 0 Å². The van der Waals surface area contributed by atoms with Gasteiger partial charge in [-0.15, -0.1) is 0 Å². The van der Waals surface area contributed by atoms with Gasteiger partial charge in [-0.3, -0.25) is 4.99 Å². The maximum Gasteiger partial charge on any atom is 0.115 e. The number of hydrazine groups is 1. The zero-order valence-electron chi connectivity index (χ0n) is 3.60. The Balaban J connectivity index is 2.38. The van der Waals surface area contributed by atoms with E-state index in [0.717, 1.165) is 0 Å². The van der Waals surface area contributed by atoms with Gasteiger partial charge in [0.25, 0.3) is 0 Å². The quantitative estimate of drug-likeness (QED) is 0.415. The van der Waals surface area contributed by atoms with Crippen molar-refractivity contribution in [3.8, 4) is 0 Å². The fourth-order valence-electron chi connectivity index (χ4n) is 0.344. The molecule has 0 spiro atoms. The van der Waals surface area contributed by atoms with Crippen LogP contribution in [0.15, 0.2) is 4.99 Å². The van der Waals surface area contributed by atoms with E-state index < -0.39 is 0 Å². The van der Waals surface area contributed by atoms with Gasteiger partial charge in [-0.1, -0.05) is 0 Å². The molecule has 34 valence electrons. The minimum absolute atomic E-state index is 0.255. The fourth-order valence-corrected chi connectivity index (χ4v) is 0.344. The molecule has 0 aromatic carbocycles. The van der Waals surface area contributed by atoms with E-state index in [4.69, 9.17) is 0 Å². The predicted molar refractivity (Wildman–Crippen MR) is 24.2 cm³/mol. The highest BCUT2D eigenvalue weighted by Gasteiger charge is 1.96. The van der Waals surface area contributed by atoms with Gasteiger partial charge in [-0.25, -0.2) is 5.43 Å². The molecule has 0 aromatic heterocycles. The molecule has 3 heteroatoms. The van der Waals surface area contributed by atoms with Crippen LogP contribution in [0.25, 0.3) is 0 Å². The average molecular weight is 85.1 g/mol. The minimum Gasteiger partial charge on any atom is -0.310 e. The number of hydrogen-bond donors (Lipinski definition) is 2. The van der Waals surface area contributed by atoms with Crippen molar-refractivity contribution >= 4 is 6.34 Å². The van der Waals surface area contributed by atoms with Crippen molar-refractivity contribution in [3.05, 3.63) is 0 Å². The van der Waals surface area contributed by atoms with Crippen LogP contribution >= 0.6 is 0 Å². The van der Waals surface area contributed by atoms with E-state index in [1.165, 1.54) is 0 Å². The monoisotopic (exact) mass is 85.1 g/mol. The van der Waals surface area contributed by atoms with Crippen molar-refractivity contribution in [3.63, 3.8) is 0 Å². The molecule has 0 aromatic rings. The van der Waals surface area contributed by atoms with Gasteiger partial charge in [0.05, 0.1) is 6.34 Å². The summed E-state index contributed by atoms with van der Waals surface area (Å²) in [7, 11) is 0. The maximum absolute atomic E-state index is 3.89. The summed E-state index contributed by atoms with van der Waals surface area (Å²) in [6.45, 7) is 1.97. The summed E-state index contributed by atoms with van der Waals surface area (Å²) in [5.41, 5.74) is 5.58. The highest BCUT2D eigenvalue weighted by molar-refractivity contribution is 5.55. The van der Waals surface area contributed by atoms with Crippen LogP contribution in [-0.4, -0.2) is 12.5 Å². The largest absolute Gasteiger partial charge is 0.310 e. The van der Waals surface area contributed by atoms with Crippen molar-refractivity contribution in [2.45, 2.75) is 13.1 Å². The third-order valence-electron chi connectivity index (χ3n) is 0.655. The van der Waals surface area contributed by atoms with Crippen LogP contribution in [0.1, 0.15) is 6.92 Å². The molecule has 2 N–H and O–H groups in total. The van der Waals surface area contributed by atoms with E-state index in [9.17, 15) is 0 Å². The Bertz CT molecular complexity index is 68.4. The van der Waals surface area contributed by atoms with E-state index in [2.05, 4.69) is 15.8 Å². The minimum atomic E-state index is 0.255. The van der Waals surface area contributed by atoms with Crippen molar-refractivity contribution < 1.29 is 0 Å². The average Bonchev–Trinajstić information content (AvgIpc) is 1.86. The van der Waals surface area contributed by atoms with Gasteiger partial charge in [-0.05, 0) is 6.92 Å². The first-order chi connectivity index (χ1) is 2.89. The van der Waals surface area contributed by atoms with Crippen LogP contribution in [0.2, 0.25) is 0 Å². The lowest BCUT2D eigenvalue weighted by atomic mass is 10.6. The summed E-state index contributed by atoms with van der Waals surface area (Å²) in [6.07, 6.45) is 1.90. The molecule has 6 heavy (non-hydrogen) atoms. The fraction of sp³-hybridized carbons (Fsp3) is 0.667. The van der Waals surface area contributed by atoms with E-state index in [1.807, 2.05) is 6.92 Å². The molecule has 0 radical (unpaired) electrons. The van der Waals surface area contributed by atoms with Crippen LogP contribution < -0.4 is 10.9 Å². The molecule has 1 heterocycles. The van der Waals surface area contributed by atoms with E-state index in [1.54, 1.807) is 6.34 Å². The Morgan fingerprint density at radius 3 is 2.83 bits per heavy atom. The van der Waals surface area contributed by atoms with E-state index >= 15 is 0 Å². The van der Waals surface area contributed by atoms with E-state index in [0.29, 0.717) is 0 Å². The molecule has 0 saturated carbocycles. The molecule has 1 rings (SSSR count). The maximum atomic E-state index is 3.89. The van der Waals surface area contributed by atoms with Crippen LogP contribution in [0.5, 0.6) is 0 Å². The lowest BCUT2D eigenvalue weighted by Crippen LogP contribution is -2.28. The second-order valence-corrected chi connectivity index (χ2v) is 1.24. The number of rotatable bonds is 0. The lowest BCUT2D eigenvalue weighted by Gasteiger charge is -1.93. The van der Waals surface area contributed by atoms with Crippen molar-refractivity contribution in [2.75, 3.05) is 0 Å². The molecule has 0 fully saturated rings. The summed E-state index contributed by atoms with van der Waals surface area (Å²) >= 11 is 0. The van der Waals surface area contributed by atoms with Gasteiger partial charge in [0, 0.05) is 0 Å². The summed E-state index contributed by atoms with van der Waals surface area (Å²) in [6, 6.07) is 0. The number of nitrogens with one attached hydrogen (secondary N) is 2. The Morgan fingerprint density at radius 2 is 2.67 bits per heavy atom.